The van der Waals surface area contributed by atoms with E-state index in [2.05, 4.69) is 26.9 Å². The summed E-state index contributed by atoms with van der Waals surface area (Å²) in [6.07, 6.45) is 4.04. The van der Waals surface area contributed by atoms with Gasteiger partial charge in [-0.3, -0.25) is 0 Å². The number of hydrogen-bond acceptors (Lipinski definition) is 5. The molecule has 0 unspecified atom stereocenters. The van der Waals surface area contributed by atoms with Crippen LogP contribution < -0.4 is 5.32 Å². The number of nitrogens with one attached hydrogen (secondary N) is 1. The molecule has 1 aromatic heterocycles. The predicted molar refractivity (Wildman–Crippen MR) is 59.2 cm³/mol. The van der Waals surface area contributed by atoms with E-state index in [0.29, 0.717) is 11.2 Å². The van der Waals surface area contributed by atoms with Gasteiger partial charge in [0, 0.05) is 12.7 Å². The fourth-order valence-electron chi connectivity index (χ4n) is 1.34. The number of methoxy groups -OCH3 is 1. The third-order valence-electron chi connectivity index (χ3n) is 2.82. The van der Waals surface area contributed by atoms with Crippen molar-refractivity contribution in [2.75, 3.05) is 19.0 Å². The van der Waals surface area contributed by atoms with Crippen LogP contribution in [0.2, 0.25) is 0 Å². The monoisotopic (exact) mass is 221 g/mol. The molecule has 0 saturated heterocycles. The number of carbonyl (C=O) groups is 1. The maximum Gasteiger partial charge on any atom is 0.376 e. The second kappa shape index (κ2) is 4.08. The SMILES string of the molecule is COC(=O)c1nccc(NCC2(C)CC2)n1. The molecule has 2 rings (SSSR count). The molecular weight excluding hydrogens is 206 g/mol. The summed E-state index contributed by atoms with van der Waals surface area (Å²) < 4.78 is 4.56. The molecule has 1 saturated carbocycles. The van der Waals surface area contributed by atoms with Crippen molar-refractivity contribution in [3.05, 3.63) is 18.1 Å². The molecule has 0 atom stereocenters. The van der Waals surface area contributed by atoms with E-state index in [9.17, 15) is 4.79 Å². The van der Waals surface area contributed by atoms with E-state index in [1.165, 1.54) is 20.0 Å². The first-order chi connectivity index (χ1) is 7.63. The lowest BCUT2D eigenvalue weighted by molar-refractivity contribution is 0.0587. The van der Waals surface area contributed by atoms with Crippen LogP contribution in [-0.2, 0) is 4.74 Å². The summed E-state index contributed by atoms with van der Waals surface area (Å²) in [5, 5.41) is 3.21. The Morgan fingerprint density at radius 2 is 2.38 bits per heavy atom. The number of ether oxygens (including phenoxy) is 1. The van der Waals surface area contributed by atoms with E-state index >= 15 is 0 Å². The Kier molecular flexibility index (Phi) is 2.77. The summed E-state index contributed by atoms with van der Waals surface area (Å²) in [5.41, 5.74) is 0.399. The maximum atomic E-state index is 11.2. The molecular formula is C11H15N3O2. The molecule has 0 radical (unpaired) electrons. The van der Waals surface area contributed by atoms with Crippen LogP contribution in [0, 0.1) is 5.41 Å². The number of aromatic nitrogens is 2. The van der Waals surface area contributed by atoms with Crippen LogP contribution in [-0.4, -0.2) is 29.6 Å². The van der Waals surface area contributed by atoms with Gasteiger partial charge in [-0.2, -0.15) is 0 Å². The number of carbonyl (C=O) groups excluding carboxylic acids is 1. The number of rotatable bonds is 4. The maximum absolute atomic E-state index is 11.2. The lowest BCUT2D eigenvalue weighted by Crippen LogP contribution is -2.14. The zero-order chi connectivity index (χ0) is 11.6. The zero-order valence-electron chi connectivity index (χ0n) is 9.49. The normalized spacial score (nSPS) is 16.6. The quantitative estimate of drug-likeness (QED) is 0.780. The molecule has 0 aliphatic heterocycles. The van der Waals surface area contributed by atoms with E-state index in [0.717, 1.165) is 6.54 Å². The molecule has 1 fully saturated rings. The van der Waals surface area contributed by atoms with Crippen molar-refractivity contribution in [1.82, 2.24) is 9.97 Å². The van der Waals surface area contributed by atoms with Crippen LogP contribution >= 0.6 is 0 Å². The molecule has 0 aromatic carbocycles. The highest BCUT2D eigenvalue weighted by atomic mass is 16.5. The van der Waals surface area contributed by atoms with Crippen LogP contribution in [0.5, 0.6) is 0 Å². The van der Waals surface area contributed by atoms with Gasteiger partial charge in [0.2, 0.25) is 5.82 Å². The second-order valence-electron chi connectivity index (χ2n) is 4.42. The number of nitrogens with zero attached hydrogens (tertiary/aromatic N) is 2. The molecule has 0 amide bonds. The van der Waals surface area contributed by atoms with Crippen molar-refractivity contribution < 1.29 is 9.53 Å². The Balaban J connectivity index is 2.01. The van der Waals surface area contributed by atoms with E-state index in [4.69, 9.17) is 0 Å². The first-order valence-electron chi connectivity index (χ1n) is 5.28. The Morgan fingerprint density at radius 3 is 3.00 bits per heavy atom. The minimum atomic E-state index is -0.513. The molecule has 1 aliphatic rings. The molecule has 86 valence electrons. The van der Waals surface area contributed by atoms with E-state index < -0.39 is 5.97 Å². The first-order valence-corrected chi connectivity index (χ1v) is 5.28. The topological polar surface area (TPSA) is 64.1 Å². The molecule has 1 heterocycles. The third kappa shape index (κ3) is 2.48. The van der Waals surface area contributed by atoms with E-state index in [-0.39, 0.29) is 5.82 Å². The van der Waals surface area contributed by atoms with Crippen molar-refractivity contribution in [3.8, 4) is 0 Å². The lowest BCUT2D eigenvalue weighted by atomic mass is 10.1. The average molecular weight is 221 g/mol. The molecule has 5 nitrogen and oxygen atoms in total. The predicted octanol–water partition coefficient (Wildman–Crippen LogP) is 1.48. The Hall–Kier alpha value is -1.65. The number of esters is 1. The molecule has 16 heavy (non-hydrogen) atoms. The van der Waals surface area contributed by atoms with Gasteiger partial charge >= 0.3 is 5.97 Å². The molecule has 1 aliphatic carbocycles. The summed E-state index contributed by atoms with van der Waals surface area (Å²) in [4.78, 5) is 19.1. The van der Waals surface area contributed by atoms with Gasteiger partial charge in [-0.15, -0.1) is 0 Å². The smallest absolute Gasteiger partial charge is 0.376 e. The Morgan fingerprint density at radius 1 is 1.62 bits per heavy atom. The zero-order valence-corrected chi connectivity index (χ0v) is 9.49. The molecule has 5 heteroatoms. The van der Waals surface area contributed by atoms with Crippen molar-refractivity contribution >= 4 is 11.8 Å². The summed E-state index contributed by atoms with van der Waals surface area (Å²) in [5.74, 6) is 0.248. The average Bonchev–Trinajstić information content (AvgIpc) is 3.05. The fraction of sp³-hybridized carbons (Fsp3) is 0.545. The van der Waals surface area contributed by atoms with Crippen LogP contribution in [0.1, 0.15) is 30.4 Å². The number of hydrogen-bond donors (Lipinski definition) is 1. The summed E-state index contributed by atoms with van der Waals surface area (Å²) in [6.45, 7) is 3.10. The highest BCUT2D eigenvalue weighted by Gasteiger charge is 2.36. The van der Waals surface area contributed by atoms with Gasteiger partial charge in [0.1, 0.15) is 5.82 Å². The first kappa shape index (κ1) is 10.9. The number of anilines is 1. The van der Waals surface area contributed by atoms with E-state index in [1.807, 2.05) is 0 Å². The standard InChI is InChI=1S/C11H15N3O2/c1-11(4-5-11)7-13-8-3-6-12-9(14-8)10(15)16-2/h3,6H,4-5,7H2,1-2H3,(H,12,13,14). The summed E-state index contributed by atoms with van der Waals surface area (Å²) in [7, 11) is 1.32. The largest absolute Gasteiger partial charge is 0.463 e. The van der Waals surface area contributed by atoms with Gasteiger partial charge in [0.05, 0.1) is 7.11 Å². The van der Waals surface area contributed by atoms with Gasteiger partial charge in [-0.25, -0.2) is 14.8 Å². The fourth-order valence-corrected chi connectivity index (χ4v) is 1.34. The molecule has 1 N–H and O–H groups in total. The van der Waals surface area contributed by atoms with Crippen LogP contribution in [0.25, 0.3) is 0 Å². The van der Waals surface area contributed by atoms with Gasteiger partial charge < -0.3 is 10.1 Å². The molecule has 0 spiro atoms. The molecule has 0 bridgehead atoms. The van der Waals surface area contributed by atoms with Gasteiger partial charge in [-0.05, 0) is 24.3 Å². The highest BCUT2D eigenvalue weighted by Crippen LogP contribution is 2.44. The van der Waals surface area contributed by atoms with E-state index in [1.54, 1.807) is 12.3 Å². The van der Waals surface area contributed by atoms with Crippen LogP contribution in [0.3, 0.4) is 0 Å². The van der Waals surface area contributed by atoms with Gasteiger partial charge in [-0.1, -0.05) is 6.92 Å². The third-order valence-corrected chi connectivity index (χ3v) is 2.82. The Labute approximate surface area is 94.2 Å². The van der Waals surface area contributed by atoms with Crippen molar-refractivity contribution in [2.24, 2.45) is 5.41 Å². The second-order valence-corrected chi connectivity index (χ2v) is 4.42. The Bertz CT molecular complexity index is 402. The van der Waals surface area contributed by atoms with Crippen molar-refractivity contribution in [2.45, 2.75) is 19.8 Å². The summed E-state index contributed by atoms with van der Waals surface area (Å²) >= 11 is 0. The highest BCUT2D eigenvalue weighted by molar-refractivity contribution is 5.85. The van der Waals surface area contributed by atoms with Crippen molar-refractivity contribution in [3.63, 3.8) is 0 Å². The lowest BCUT2D eigenvalue weighted by Gasteiger charge is -2.10. The van der Waals surface area contributed by atoms with Crippen LogP contribution in [0.15, 0.2) is 12.3 Å². The van der Waals surface area contributed by atoms with Gasteiger partial charge in [0.15, 0.2) is 0 Å². The van der Waals surface area contributed by atoms with Crippen LogP contribution in [0.4, 0.5) is 5.82 Å². The summed E-state index contributed by atoms with van der Waals surface area (Å²) in [6, 6.07) is 1.75. The van der Waals surface area contributed by atoms with Crippen molar-refractivity contribution in [1.29, 1.82) is 0 Å². The minimum Gasteiger partial charge on any atom is -0.463 e. The minimum absolute atomic E-state index is 0.0912. The van der Waals surface area contributed by atoms with Gasteiger partial charge in [0.25, 0.3) is 0 Å². The molecule has 1 aromatic rings.